The third-order valence-electron chi connectivity index (χ3n) is 2.32. The normalized spacial score (nSPS) is 11.8. The van der Waals surface area contributed by atoms with Gasteiger partial charge in [0.15, 0.2) is 5.69 Å². The standard InChI is InChI=1S/C11H7BrClF3N2/c12-6-7-1-2-8(5-9(7)13)18-4-3-10(17-18)11(14,15)16/h1-5H,6H2. The van der Waals surface area contributed by atoms with Gasteiger partial charge in [0.25, 0.3) is 0 Å². The van der Waals surface area contributed by atoms with Crippen LogP contribution >= 0.6 is 27.5 Å². The van der Waals surface area contributed by atoms with Crippen molar-refractivity contribution in [2.75, 3.05) is 0 Å². The first-order chi connectivity index (χ1) is 8.41. The summed E-state index contributed by atoms with van der Waals surface area (Å²) in [7, 11) is 0. The Hall–Kier alpha value is -1.01. The molecule has 18 heavy (non-hydrogen) atoms. The summed E-state index contributed by atoms with van der Waals surface area (Å²) < 4.78 is 38.4. The lowest BCUT2D eigenvalue weighted by atomic mass is 10.2. The molecular formula is C11H7BrClF3N2. The van der Waals surface area contributed by atoms with E-state index in [0.717, 1.165) is 16.3 Å². The third-order valence-corrected chi connectivity index (χ3v) is 3.28. The molecule has 2 rings (SSSR count). The minimum Gasteiger partial charge on any atom is -0.240 e. The Labute approximate surface area is 114 Å². The summed E-state index contributed by atoms with van der Waals surface area (Å²) in [6.07, 6.45) is -3.19. The number of benzene rings is 1. The van der Waals surface area contributed by atoms with Crippen LogP contribution in [0.5, 0.6) is 0 Å². The minimum absolute atomic E-state index is 0.480. The molecule has 0 aliphatic heterocycles. The molecular weight excluding hydrogens is 332 g/mol. The van der Waals surface area contributed by atoms with E-state index >= 15 is 0 Å². The Morgan fingerprint density at radius 3 is 2.50 bits per heavy atom. The van der Waals surface area contributed by atoms with Gasteiger partial charge in [0.2, 0.25) is 0 Å². The SMILES string of the molecule is FC(F)(F)c1ccn(-c2ccc(CBr)c(Cl)c2)n1. The van der Waals surface area contributed by atoms with Crippen LogP contribution in [0.4, 0.5) is 13.2 Å². The van der Waals surface area contributed by atoms with Gasteiger partial charge in [-0.3, -0.25) is 0 Å². The van der Waals surface area contributed by atoms with Crippen LogP contribution < -0.4 is 0 Å². The summed E-state index contributed by atoms with van der Waals surface area (Å²) in [5.41, 5.74) is 0.423. The summed E-state index contributed by atoms with van der Waals surface area (Å²) in [5, 5.41) is 4.53. The molecule has 0 bridgehead atoms. The fourth-order valence-electron chi connectivity index (χ4n) is 1.41. The lowest BCUT2D eigenvalue weighted by Gasteiger charge is -2.05. The maximum Gasteiger partial charge on any atom is 0.435 e. The van der Waals surface area contributed by atoms with E-state index in [1.165, 1.54) is 6.20 Å². The second-order valence-electron chi connectivity index (χ2n) is 3.55. The molecule has 0 unspecified atom stereocenters. The molecule has 0 radical (unpaired) electrons. The van der Waals surface area contributed by atoms with Crippen LogP contribution in [-0.4, -0.2) is 9.78 Å². The van der Waals surface area contributed by atoms with Crippen LogP contribution in [-0.2, 0) is 11.5 Å². The molecule has 0 saturated heterocycles. The van der Waals surface area contributed by atoms with Crippen molar-refractivity contribution in [3.8, 4) is 5.69 Å². The monoisotopic (exact) mass is 338 g/mol. The average Bonchev–Trinajstić information content (AvgIpc) is 2.77. The molecule has 2 aromatic rings. The van der Waals surface area contributed by atoms with Gasteiger partial charge in [-0.1, -0.05) is 33.6 Å². The summed E-state index contributed by atoms with van der Waals surface area (Å²) in [6, 6.07) is 5.90. The van der Waals surface area contributed by atoms with Gasteiger partial charge >= 0.3 is 6.18 Å². The predicted octanol–water partition coefficient (Wildman–Crippen LogP) is 4.44. The Balaban J connectivity index is 2.38. The number of halogens is 5. The Kier molecular flexibility index (Phi) is 3.68. The molecule has 1 heterocycles. The molecule has 0 aliphatic carbocycles. The van der Waals surface area contributed by atoms with E-state index < -0.39 is 11.9 Å². The van der Waals surface area contributed by atoms with E-state index in [-0.39, 0.29) is 0 Å². The Morgan fingerprint density at radius 2 is 2.00 bits per heavy atom. The first-order valence-corrected chi connectivity index (χ1v) is 6.39. The zero-order valence-electron chi connectivity index (χ0n) is 8.88. The molecule has 0 spiro atoms. The van der Waals surface area contributed by atoms with E-state index in [1.54, 1.807) is 18.2 Å². The summed E-state index contributed by atoms with van der Waals surface area (Å²) in [6.45, 7) is 0. The van der Waals surface area contributed by atoms with Gasteiger partial charge in [0, 0.05) is 16.5 Å². The van der Waals surface area contributed by atoms with Gasteiger partial charge in [-0.15, -0.1) is 0 Å². The maximum atomic E-state index is 12.4. The number of nitrogens with zero attached hydrogens (tertiary/aromatic N) is 2. The fraction of sp³-hybridized carbons (Fsp3) is 0.182. The zero-order chi connectivity index (χ0) is 13.3. The smallest absolute Gasteiger partial charge is 0.240 e. The fourth-order valence-corrected chi connectivity index (χ4v) is 2.30. The molecule has 2 nitrogen and oxygen atoms in total. The van der Waals surface area contributed by atoms with Crippen LogP contribution in [0.1, 0.15) is 11.3 Å². The average molecular weight is 340 g/mol. The maximum absolute atomic E-state index is 12.4. The second-order valence-corrected chi connectivity index (χ2v) is 4.52. The molecule has 0 N–H and O–H groups in total. The molecule has 1 aromatic heterocycles. The molecule has 0 saturated carbocycles. The van der Waals surface area contributed by atoms with Gasteiger partial charge < -0.3 is 0 Å². The van der Waals surface area contributed by atoms with E-state index in [0.29, 0.717) is 16.0 Å². The van der Waals surface area contributed by atoms with Gasteiger partial charge in [-0.2, -0.15) is 18.3 Å². The molecule has 1 aromatic carbocycles. The van der Waals surface area contributed by atoms with Crippen LogP contribution in [0.15, 0.2) is 30.5 Å². The highest BCUT2D eigenvalue weighted by molar-refractivity contribution is 9.08. The molecule has 0 amide bonds. The summed E-state index contributed by atoms with van der Waals surface area (Å²) in [4.78, 5) is 0. The van der Waals surface area contributed by atoms with Gasteiger partial charge in [-0.25, -0.2) is 4.68 Å². The highest BCUT2D eigenvalue weighted by atomic mass is 79.9. The number of aromatic nitrogens is 2. The van der Waals surface area contributed by atoms with Crippen LogP contribution in [0, 0.1) is 0 Å². The van der Waals surface area contributed by atoms with Crippen molar-refractivity contribution in [1.82, 2.24) is 9.78 Å². The molecule has 0 aliphatic rings. The zero-order valence-corrected chi connectivity index (χ0v) is 11.2. The summed E-state index contributed by atoms with van der Waals surface area (Å²) in [5.74, 6) is 0. The van der Waals surface area contributed by atoms with Crippen molar-refractivity contribution in [2.45, 2.75) is 11.5 Å². The topological polar surface area (TPSA) is 17.8 Å². The van der Waals surface area contributed by atoms with Gasteiger partial charge in [0.05, 0.1) is 5.69 Å². The summed E-state index contributed by atoms with van der Waals surface area (Å²) >= 11 is 9.25. The first-order valence-electron chi connectivity index (χ1n) is 4.89. The van der Waals surface area contributed by atoms with Crippen molar-refractivity contribution >= 4 is 27.5 Å². The van der Waals surface area contributed by atoms with Crippen molar-refractivity contribution in [3.63, 3.8) is 0 Å². The van der Waals surface area contributed by atoms with Crippen molar-refractivity contribution < 1.29 is 13.2 Å². The third kappa shape index (κ3) is 2.70. The molecule has 96 valence electrons. The Bertz CT molecular complexity index is 566. The van der Waals surface area contributed by atoms with Gasteiger partial charge in [-0.05, 0) is 23.8 Å². The van der Waals surface area contributed by atoms with E-state index in [9.17, 15) is 13.2 Å². The first kappa shape index (κ1) is 13.4. The van der Waals surface area contributed by atoms with E-state index in [1.807, 2.05) is 0 Å². The number of hydrogen-bond donors (Lipinski definition) is 0. The van der Waals surface area contributed by atoms with Crippen molar-refractivity contribution in [3.05, 3.63) is 46.7 Å². The van der Waals surface area contributed by atoms with Crippen LogP contribution in [0.3, 0.4) is 0 Å². The van der Waals surface area contributed by atoms with E-state index in [4.69, 9.17) is 11.6 Å². The lowest BCUT2D eigenvalue weighted by Crippen LogP contribution is -2.07. The largest absolute Gasteiger partial charge is 0.435 e. The van der Waals surface area contributed by atoms with Crippen molar-refractivity contribution in [2.24, 2.45) is 0 Å². The van der Waals surface area contributed by atoms with Crippen LogP contribution in [0.2, 0.25) is 5.02 Å². The Morgan fingerprint density at radius 1 is 1.28 bits per heavy atom. The number of alkyl halides is 4. The molecule has 0 atom stereocenters. The quantitative estimate of drug-likeness (QED) is 0.740. The minimum atomic E-state index is -4.44. The predicted molar refractivity (Wildman–Crippen MR) is 66.2 cm³/mol. The van der Waals surface area contributed by atoms with Crippen LogP contribution in [0.25, 0.3) is 5.69 Å². The second kappa shape index (κ2) is 4.93. The highest BCUT2D eigenvalue weighted by Gasteiger charge is 2.33. The lowest BCUT2D eigenvalue weighted by molar-refractivity contribution is -0.141. The highest BCUT2D eigenvalue weighted by Crippen LogP contribution is 2.28. The van der Waals surface area contributed by atoms with E-state index in [2.05, 4.69) is 21.0 Å². The molecule has 0 fully saturated rings. The molecule has 7 heteroatoms. The number of hydrogen-bond acceptors (Lipinski definition) is 1. The van der Waals surface area contributed by atoms with Crippen molar-refractivity contribution in [1.29, 1.82) is 0 Å². The van der Waals surface area contributed by atoms with Gasteiger partial charge in [0.1, 0.15) is 0 Å². The number of rotatable bonds is 2.